The first-order valence-electron chi connectivity index (χ1n) is 4.00. The molecule has 1 aromatic rings. The minimum atomic E-state index is 0.562. The normalized spacial score (nSPS) is 15.4. The van der Waals surface area contributed by atoms with E-state index in [1.807, 2.05) is 24.3 Å². The molecule has 1 aliphatic heterocycles. The molecule has 0 spiro atoms. The standard InChI is InChI=1S/C9H10N4/c10-7-3-1-6(2-4-7)8-5-9(11)13-12-8/h1-4H,5,10H2,(H2,11,13). The van der Waals surface area contributed by atoms with Crippen LogP contribution in [0.15, 0.2) is 34.5 Å². The van der Waals surface area contributed by atoms with Crippen molar-refractivity contribution >= 4 is 17.2 Å². The van der Waals surface area contributed by atoms with Crippen LogP contribution in [0.1, 0.15) is 12.0 Å². The third-order valence-electron chi connectivity index (χ3n) is 1.89. The average molecular weight is 174 g/mol. The van der Waals surface area contributed by atoms with Gasteiger partial charge in [0.15, 0.2) is 0 Å². The first-order valence-corrected chi connectivity index (χ1v) is 4.00. The Bertz CT molecular complexity index is 375. The second kappa shape index (κ2) is 2.90. The zero-order valence-electron chi connectivity index (χ0n) is 7.07. The van der Waals surface area contributed by atoms with Crippen LogP contribution in [-0.4, -0.2) is 11.5 Å². The Labute approximate surface area is 76.0 Å². The summed E-state index contributed by atoms with van der Waals surface area (Å²) in [5, 5.41) is 7.72. The molecule has 0 amide bonds. The van der Waals surface area contributed by atoms with Gasteiger partial charge < -0.3 is 11.5 Å². The van der Waals surface area contributed by atoms with E-state index in [-0.39, 0.29) is 0 Å². The molecule has 1 heterocycles. The van der Waals surface area contributed by atoms with Gasteiger partial charge in [-0.05, 0) is 17.7 Å². The molecule has 0 bridgehead atoms. The van der Waals surface area contributed by atoms with Crippen LogP contribution >= 0.6 is 0 Å². The fourth-order valence-electron chi connectivity index (χ4n) is 1.20. The fraction of sp³-hybridized carbons (Fsp3) is 0.111. The van der Waals surface area contributed by atoms with Crippen LogP contribution in [0.4, 0.5) is 5.69 Å². The van der Waals surface area contributed by atoms with Crippen molar-refractivity contribution in [3.05, 3.63) is 29.8 Å². The number of hydrogen-bond donors (Lipinski definition) is 2. The number of rotatable bonds is 1. The molecule has 0 aliphatic carbocycles. The molecule has 13 heavy (non-hydrogen) atoms. The molecule has 4 nitrogen and oxygen atoms in total. The van der Waals surface area contributed by atoms with Crippen molar-refractivity contribution in [3.8, 4) is 0 Å². The third-order valence-corrected chi connectivity index (χ3v) is 1.89. The van der Waals surface area contributed by atoms with Gasteiger partial charge in [0.1, 0.15) is 5.84 Å². The summed E-state index contributed by atoms with van der Waals surface area (Å²) >= 11 is 0. The maximum atomic E-state index is 5.56. The topological polar surface area (TPSA) is 76.8 Å². The van der Waals surface area contributed by atoms with Gasteiger partial charge in [-0.15, -0.1) is 5.10 Å². The van der Waals surface area contributed by atoms with Crippen LogP contribution in [0.5, 0.6) is 0 Å². The highest BCUT2D eigenvalue weighted by Gasteiger charge is 2.10. The second-order valence-electron chi connectivity index (χ2n) is 2.94. The molecule has 1 aliphatic rings. The summed E-state index contributed by atoms with van der Waals surface area (Å²) in [6.45, 7) is 0. The molecule has 4 N–H and O–H groups in total. The molecular weight excluding hydrogens is 164 g/mol. The highest BCUT2D eigenvalue weighted by Crippen LogP contribution is 2.11. The van der Waals surface area contributed by atoms with Crippen LogP contribution in [-0.2, 0) is 0 Å². The molecule has 1 aromatic carbocycles. The maximum absolute atomic E-state index is 5.56. The molecular formula is C9H10N4. The third kappa shape index (κ3) is 1.51. The highest BCUT2D eigenvalue weighted by molar-refractivity contribution is 6.14. The van der Waals surface area contributed by atoms with Crippen molar-refractivity contribution in [3.63, 3.8) is 0 Å². The first kappa shape index (κ1) is 7.79. The monoisotopic (exact) mass is 174 g/mol. The maximum Gasteiger partial charge on any atom is 0.128 e. The SMILES string of the molecule is NC1=NN=C(c2ccc(N)cc2)C1. The Morgan fingerprint density at radius 3 is 2.23 bits per heavy atom. The Hall–Kier alpha value is -1.84. The van der Waals surface area contributed by atoms with E-state index >= 15 is 0 Å². The van der Waals surface area contributed by atoms with E-state index in [9.17, 15) is 0 Å². The number of hydrogen-bond acceptors (Lipinski definition) is 4. The Morgan fingerprint density at radius 2 is 1.69 bits per heavy atom. The lowest BCUT2D eigenvalue weighted by molar-refractivity contribution is 1.26. The van der Waals surface area contributed by atoms with E-state index < -0.39 is 0 Å². The Balaban J connectivity index is 2.24. The minimum Gasteiger partial charge on any atom is -0.399 e. The summed E-state index contributed by atoms with van der Waals surface area (Å²) in [6.07, 6.45) is 0.629. The largest absolute Gasteiger partial charge is 0.399 e. The number of nitrogen functional groups attached to an aromatic ring is 1. The lowest BCUT2D eigenvalue weighted by atomic mass is 10.1. The smallest absolute Gasteiger partial charge is 0.128 e. The van der Waals surface area contributed by atoms with E-state index in [0.717, 1.165) is 17.0 Å². The van der Waals surface area contributed by atoms with Crippen molar-refractivity contribution in [1.82, 2.24) is 0 Å². The molecule has 4 heteroatoms. The Morgan fingerprint density at radius 1 is 1.00 bits per heavy atom. The van der Waals surface area contributed by atoms with Crippen LogP contribution in [0.3, 0.4) is 0 Å². The second-order valence-corrected chi connectivity index (χ2v) is 2.94. The number of amidine groups is 1. The molecule has 0 aromatic heterocycles. The van der Waals surface area contributed by atoms with Crippen LogP contribution in [0.2, 0.25) is 0 Å². The van der Waals surface area contributed by atoms with Gasteiger partial charge in [-0.1, -0.05) is 12.1 Å². The van der Waals surface area contributed by atoms with Gasteiger partial charge in [-0.25, -0.2) is 0 Å². The minimum absolute atomic E-state index is 0.562. The molecule has 66 valence electrons. The Kier molecular flexibility index (Phi) is 1.73. The number of nitrogens with zero attached hydrogens (tertiary/aromatic N) is 2. The predicted octanol–water partition coefficient (Wildman–Crippen LogP) is 0.734. The zero-order valence-corrected chi connectivity index (χ0v) is 7.07. The van der Waals surface area contributed by atoms with Crippen LogP contribution in [0.25, 0.3) is 0 Å². The van der Waals surface area contributed by atoms with Gasteiger partial charge in [0.2, 0.25) is 0 Å². The predicted molar refractivity (Wildman–Crippen MR) is 53.6 cm³/mol. The summed E-state index contributed by atoms with van der Waals surface area (Å²) in [5.41, 5.74) is 13.7. The van der Waals surface area contributed by atoms with E-state index in [1.54, 1.807) is 0 Å². The number of benzene rings is 1. The molecule has 0 saturated heterocycles. The van der Waals surface area contributed by atoms with Gasteiger partial charge in [-0.3, -0.25) is 0 Å². The average Bonchev–Trinajstić information content (AvgIpc) is 2.53. The van der Waals surface area contributed by atoms with Gasteiger partial charge in [0.05, 0.1) is 12.1 Å². The molecule has 0 atom stereocenters. The van der Waals surface area contributed by atoms with Gasteiger partial charge >= 0.3 is 0 Å². The number of anilines is 1. The van der Waals surface area contributed by atoms with E-state index in [4.69, 9.17) is 11.5 Å². The van der Waals surface area contributed by atoms with Crippen molar-refractivity contribution in [2.75, 3.05) is 5.73 Å². The summed E-state index contributed by atoms with van der Waals surface area (Å²) in [4.78, 5) is 0. The lowest BCUT2D eigenvalue weighted by Gasteiger charge is -1.99. The first-order chi connectivity index (χ1) is 6.25. The van der Waals surface area contributed by atoms with Crippen LogP contribution in [0, 0.1) is 0 Å². The molecule has 2 rings (SSSR count). The summed E-state index contributed by atoms with van der Waals surface area (Å²) in [5.74, 6) is 0.562. The molecule has 0 fully saturated rings. The van der Waals surface area contributed by atoms with Gasteiger partial charge in [0, 0.05) is 5.69 Å². The van der Waals surface area contributed by atoms with Crippen molar-refractivity contribution in [2.24, 2.45) is 15.9 Å². The van der Waals surface area contributed by atoms with Gasteiger partial charge in [-0.2, -0.15) is 5.10 Å². The van der Waals surface area contributed by atoms with E-state index in [1.165, 1.54) is 0 Å². The molecule has 0 saturated carbocycles. The van der Waals surface area contributed by atoms with E-state index in [0.29, 0.717) is 12.3 Å². The fourth-order valence-corrected chi connectivity index (χ4v) is 1.20. The number of nitrogens with two attached hydrogens (primary N) is 2. The zero-order chi connectivity index (χ0) is 9.26. The lowest BCUT2D eigenvalue weighted by Crippen LogP contribution is -2.12. The summed E-state index contributed by atoms with van der Waals surface area (Å²) < 4.78 is 0. The van der Waals surface area contributed by atoms with Crippen LogP contribution < -0.4 is 11.5 Å². The highest BCUT2D eigenvalue weighted by atomic mass is 15.3. The molecule has 0 unspecified atom stereocenters. The van der Waals surface area contributed by atoms with Crippen molar-refractivity contribution in [1.29, 1.82) is 0 Å². The van der Waals surface area contributed by atoms with Crippen molar-refractivity contribution < 1.29 is 0 Å². The van der Waals surface area contributed by atoms with Gasteiger partial charge in [0.25, 0.3) is 0 Å². The quantitative estimate of drug-likeness (QED) is 0.616. The summed E-state index contributed by atoms with van der Waals surface area (Å²) in [6, 6.07) is 7.52. The van der Waals surface area contributed by atoms with Crippen molar-refractivity contribution in [2.45, 2.75) is 6.42 Å². The van der Waals surface area contributed by atoms with E-state index in [2.05, 4.69) is 10.2 Å². The summed E-state index contributed by atoms with van der Waals surface area (Å²) in [7, 11) is 0. The molecule has 0 radical (unpaired) electrons.